The number of fused-ring (bicyclic) bond motifs is 3. The van der Waals surface area contributed by atoms with Crippen molar-refractivity contribution in [3.8, 4) is 11.1 Å². The van der Waals surface area contributed by atoms with E-state index in [-0.39, 0.29) is 43.0 Å². The van der Waals surface area contributed by atoms with Crippen molar-refractivity contribution < 1.29 is 24.2 Å². The minimum atomic E-state index is -1.03. The Morgan fingerprint density at radius 3 is 2.22 bits per heavy atom. The Morgan fingerprint density at radius 1 is 1.06 bits per heavy atom. The van der Waals surface area contributed by atoms with Crippen LogP contribution in [0.15, 0.2) is 60.2 Å². The first-order chi connectivity index (χ1) is 15.4. The molecule has 3 rings (SSSR count). The van der Waals surface area contributed by atoms with Crippen LogP contribution in [0.25, 0.3) is 11.1 Å². The Morgan fingerprint density at radius 2 is 1.66 bits per heavy atom. The van der Waals surface area contributed by atoms with Crippen LogP contribution in [0.5, 0.6) is 0 Å². The maximum atomic E-state index is 12.4. The Bertz CT molecular complexity index is 985. The first-order valence-corrected chi connectivity index (χ1v) is 10.7. The highest BCUT2D eigenvalue weighted by Gasteiger charge is 2.29. The maximum Gasteiger partial charge on any atom is 0.407 e. The van der Waals surface area contributed by atoms with Crippen molar-refractivity contribution in [3.05, 3.63) is 71.3 Å². The van der Waals surface area contributed by atoms with Crippen LogP contribution >= 0.6 is 0 Å². The number of carbonyl (C=O) groups is 3. The van der Waals surface area contributed by atoms with Crippen molar-refractivity contribution in [2.45, 2.75) is 38.6 Å². The largest absolute Gasteiger partial charge is 0.478 e. The number of alkyl carbamates (subject to hydrolysis) is 1. The molecule has 0 heterocycles. The molecule has 0 bridgehead atoms. The van der Waals surface area contributed by atoms with E-state index in [2.05, 4.69) is 34.9 Å². The van der Waals surface area contributed by atoms with Gasteiger partial charge in [0.1, 0.15) is 6.61 Å². The molecule has 0 saturated heterocycles. The highest BCUT2D eigenvalue weighted by atomic mass is 16.5. The summed E-state index contributed by atoms with van der Waals surface area (Å²) in [6, 6.07) is 15.9. The summed E-state index contributed by atoms with van der Waals surface area (Å²) >= 11 is 0. The van der Waals surface area contributed by atoms with Gasteiger partial charge in [0.2, 0.25) is 5.91 Å². The molecule has 7 heteroatoms. The second kappa shape index (κ2) is 10.6. The lowest BCUT2D eigenvalue weighted by molar-refractivity contribution is -0.132. The van der Waals surface area contributed by atoms with E-state index in [1.54, 1.807) is 0 Å². The lowest BCUT2D eigenvalue weighted by Crippen LogP contribution is -2.39. The van der Waals surface area contributed by atoms with Crippen LogP contribution in [-0.4, -0.2) is 42.3 Å². The highest BCUT2D eigenvalue weighted by Crippen LogP contribution is 2.44. The van der Waals surface area contributed by atoms with Gasteiger partial charge in [-0.25, -0.2) is 9.59 Å². The fourth-order valence-electron chi connectivity index (χ4n) is 3.81. The van der Waals surface area contributed by atoms with Gasteiger partial charge in [0, 0.05) is 30.5 Å². The Kier molecular flexibility index (Phi) is 7.65. The molecule has 168 valence electrons. The van der Waals surface area contributed by atoms with Gasteiger partial charge < -0.3 is 20.5 Å². The second-order valence-corrected chi connectivity index (χ2v) is 7.78. The molecule has 0 fully saturated rings. The average molecular weight is 437 g/mol. The third kappa shape index (κ3) is 5.55. The third-order valence-corrected chi connectivity index (χ3v) is 5.64. The molecule has 2 amide bonds. The van der Waals surface area contributed by atoms with E-state index in [4.69, 9.17) is 9.84 Å². The van der Waals surface area contributed by atoms with Crippen molar-refractivity contribution in [2.75, 3.05) is 13.2 Å². The fourth-order valence-corrected chi connectivity index (χ4v) is 3.81. The zero-order valence-electron chi connectivity index (χ0n) is 18.3. The third-order valence-electron chi connectivity index (χ3n) is 5.64. The number of rotatable bonds is 9. The lowest BCUT2D eigenvalue weighted by Gasteiger charge is -2.18. The van der Waals surface area contributed by atoms with E-state index in [0.29, 0.717) is 6.42 Å². The summed E-state index contributed by atoms with van der Waals surface area (Å²) in [7, 11) is 0. The van der Waals surface area contributed by atoms with Gasteiger partial charge in [-0.3, -0.25) is 4.79 Å². The number of benzene rings is 2. The summed E-state index contributed by atoms with van der Waals surface area (Å²) in [5, 5.41) is 14.2. The van der Waals surface area contributed by atoms with Crippen molar-refractivity contribution in [2.24, 2.45) is 0 Å². The number of aliphatic carboxylic acids is 1. The van der Waals surface area contributed by atoms with Gasteiger partial charge in [-0.1, -0.05) is 61.5 Å². The number of hydrogen-bond acceptors (Lipinski definition) is 4. The van der Waals surface area contributed by atoms with Gasteiger partial charge in [0.25, 0.3) is 0 Å². The molecule has 0 radical (unpaired) electrons. The van der Waals surface area contributed by atoms with Crippen LogP contribution in [0.1, 0.15) is 43.7 Å². The summed E-state index contributed by atoms with van der Waals surface area (Å²) in [4.78, 5) is 35.3. The predicted molar refractivity (Wildman–Crippen MR) is 121 cm³/mol. The van der Waals surface area contributed by atoms with E-state index in [1.807, 2.05) is 31.2 Å². The number of carboxylic acids is 1. The molecule has 32 heavy (non-hydrogen) atoms. The molecule has 0 aromatic heterocycles. The van der Waals surface area contributed by atoms with E-state index >= 15 is 0 Å². The molecule has 1 aliphatic rings. The molecule has 7 nitrogen and oxygen atoms in total. The van der Waals surface area contributed by atoms with Gasteiger partial charge in [0.15, 0.2) is 0 Å². The molecule has 1 atom stereocenters. The highest BCUT2D eigenvalue weighted by molar-refractivity contribution is 5.86. The molecule has 1 aliphatic carbocycles. The number of amides is 2. The van der Waals surface area contributed by atoms with Gasteiger partial charge in [-0.2, -0.15) is 0 Å². The summed E-state index contributed by atoms with van der Waals surface area (Å²) in [5.41, 5.74) is 4.75. The monoisotopic (exact) mass is 436 g/mol. The first-order valence-electron chi connectivity index (χ1n) is 10.7. The van der Waals surface area contributed by atoms with Crippen LogP contribution in [0, 0.1) is 0 Å². The molecular formula is C25H28N2O5. The van der Waals surface area contributed by atoms with E-state index in [0.717, 1.165) is 22.3 Å². The summed E-state index contributed by atoms with van der Waals surface area (Å²) in [5.74, 6) is -1.33. The van der Waals surface area contributed by atoms with Crippen LogP contribution in [0.4, 0.5) is 4.79 Å². The molecule has 2 aromatic rings. The van der Waals surface area contributed by atoms with E-state index in [1.165, 1.54) is 13.0 Å². The normalized spacial score (nSPS) is 13.6. The van der Waals surface area contributed by atoms with Crippen LogP contribution in [0.3, 0.4) is 0 Å². The van der Waals surface area contributed by atoms with Crippen LogP contribution < -0.4 is 10.6 Å². The first kappa shape index (κ1) is 23.1. The van der Waals surface area contributed by atoms with Crippen LogP contribution in [0.2, 0.25) is 0 Å². The van der Waals surface area contributed by atoms with E-state index < -0.39 is 12.1 Å². The average Bonchev–Trinajstić information content (AvgIpc) is 3.10. The fraction of sp³-hybridized carbons (Fsp3) is 0.320. The minimum Gasteiger partial charge on any atom is -0.478 e. The lowest BCUT2D eigenvalue weighted by atomic mass is 9.98. The van der Waals surface area contributed by atoms with Gasteiger partial charge >= 0.3 is 12.1 Å². The summed E-state index contributed by atoms with van der Waals surface area (Å²) < 4.78 is 5.54. The zero-order chi connectivity index (χ0) is 23.1. The molecular weight excluding hydrogens is 408 g/mol. The minimum absolute atomic E-state index is 0.0270. The smallest absolute Gasteiger partial charge is 0.407 e. The molecule has 0 aliphatic heterocycles. The summed E-state index contributed by atoms with van der Waals surface area (Å²) in [6.45, 7) is 3.66. The van der Waals surface area contributed by atoms with Gasteiger partial charge in [-0.05, 0) is 35.6 Å². The molecule has 0 spiro atoms. The quantitative estimate of drug-likeness (QED) is 0.518. The zero-order valence-corrected chi connectivity index (χ0v) is 18.3. The predicted octanol–water partition coefficient (Wildman–Crippen LogP) is 3.84. The standard InChI is InChI=1S/C25H28N2O5/c1-3-17(14-23(28)26-13-12-16(2)24(29)30)27-25(31)32-15-22-20-10-6-4-8-18(20)19-9-5-7-11-21(19)22/h4-12,17,22H,3,13-15H2,1-2H3,(H,26,28)(H,27,31)(H,29,30)/b16-12+/t17-/m0/s1. The Labute approximate surface area is 187 Å². The maximum absolute atomic E-state index is 12.4. The molecule has 0 unspecified atom stereocenters. The number of carboxylic acid groups (broad SMARTS) is 1. The molecule has 0 saturated carbocycles. The molecule has 3 N–H and O–H groups in total. The SMILES string of the molecule is CC[C@@H](CC(=O)NC/C=C(\C)C(=O)O)NC(=O)OCC1c2ccccc2-c2ccccc21. The van der Waals surface area contributed by atoms with E-state index in [9.17, 15) is 14.4 Å². The second-order valence-electron chi connectivity index (χ2n) is 7.78. The van der Waals surface area contributed by atoms with Crippen molar-refractivity contribution in [3.63, 3.8) is 0 Å². The number of hydrogen-bond donors (Lipinski definition) is 3. The summed E-state index contributed by atoms with van der Waals surface area (Å²) in [6.07, 6.45) is 1.51. The van der Waals surface area contributed by atoms with Gasteiger partial charge in [-0.15, -0.1) is 0 Å². The van der Waals surface area contributed by atoms with Crippen molar-refractivity contribution >= 4 is 18.0 Å². The topological polar surface area (TPSA) is 105 Å². The Hall–Kier alpha value is -3.61. The number of carbonyl (C=O) groups excluding carboxylic acids is 2. The number of ether oxygens (including phenoxy) is 1. The number of nitrogens with one attached hydrogen (secondary N) is 2. The van der Waals surface area contributed by atoms with Gasteiger partial charge in [0.05, 0.1) is 0 Å². The molecule has 2 aromatic carbocycles. The Balaban J connectivity index is 1.52. The van der Waals surface area contributed by atoms with Crippen LogP contribution in [-0.2, 0) is 14.3 Å². The van der Waals surface area contributed by atoms with Crippen molar-refractivity contribution in [1.82, 2.24) is 10.6 Å². The van der Waals surface area contributed by atoms with Crippen molar-refractivity contribution in [1.29, 1.82) is 0 Å².